The van der Waals surface area contributed by atoms with Crippen LogP contribution in [0.2, 0.25) is 0 Å². The first-order valence-corrected chi connectivity index (χ1v) is 8.35. The van der Waals surface area contributed by atoms with Crippen molar-refractivity contribution in [2.45, 2.75) is 26.1 Å². The van der Waals surface area contributed by atoms with E-state index in [2.05, 4.69) is 31.8 Å². The third kappa shape index (κ3) is 5.32. The van der Waals surface area contributed by atoms with Crippen molar-refractivity contribution in [3.05, 3.63) is 84.7 Å². The van der Waals surface area contributed by atoms with E-state index in [-0.39, 0.29) is 0 Å². The number of hydrogen-bond acceptors (Lipinski definition) is 5. The van der Waals surface area contributed by atoms with Crippen LogP contribution in [0.3, 0.4) is 0 Å². The summed E-state index contributed by atoms with van der Waals surface area (Å²) in [7, 11) is 0. The fourth-order valence-corrected chi connectivity index (χ4v) is 2.59. The van der Waals surface area contributed by atoms with E-state index in [0.29, 0.717) is 0 Å². The van der Waals surface area contributed by atoms with Crippen molar-refractivity contribution >= 4 is 0 Å². The maximum Gasteiger partial charge on any atom is 0.0864 e. The molecule has 0 fully saturated rings. The Morgan fingerprint density at radius 3 is 2.20 bits per heavy atom. The number of rotatable bonds is 9. The van der Waals surface area contributed by atoms with Gasteiger partial charge < -0.3 is 0 Å². The molecular formula is C19H22N6. The van der Waals surface area contributed by atoms with Gasteiger partial charge in [-0.3, -0.25) is 19.5 Å². The first kappa shape index (κ1) is 17.0. The minimum atomic E-state index is 0.742. The average molecular weight is 334 g/mol. The minimum absolute atomic E-state index is 0.742. The lowest BCUT2D eigenvalue weighted by Crippen LogP contribution is -2.27. The van der Waals surface area contributed by atoms with Crippen LogP contribution >= 0.6 is 0 Å². The lowest BCUT2D eigenvalue weighted by atomic mass is 10.3. The molecule has 0 N–H and O–H groups in total. The third-order valence-corrected chi connectivity index (χ3v) is 3.81. The molecule has 128 valence electrons. The molecule has 3 aromatic rings. The zero-order valence-corrected chi connectivity index (χ0v) is 14.2. The van der Waals surface area contributed by atoms with Crippen molar-refractivity contribution < 1.29 is 0 Å². The third-order valence-electron chi connectivity index (χ3n) is 3.81. The maximum atomic E-state index is 4.44. The summed E-state index contributed by atoms with van der Waals surface area (Å²) in [6, 6.07) is 12.0. The minimum Gasteiger partial charge on any atom is -0.290 e. The fourth-order valence-electron chi connectivity index (χ4n) is 2.59. The Morgan fingerprint density at radius 1 is 0.960 bits per heavy atom. The molecular weight excluding hydrogens is 312 g/mol. The summed E-state index contributed by atoms with van der Waals surface area (Å²) in [6.45, 7) is 6.88. The van der Waals surface area contributed by atoms with Crippen molar-refractivity contribution in [3.8, 4) is 0 Å². The van der Waals surface area contributed by atoms with E-state index in [0.717, 1.165) is 49.7 Å². The molecule has 0 aliphatic rings. The van der Waals surface area contributed by atoms with Gasteiger partial charge in [-0.05, 0) is 24.3 Å². The SMILES string of the molecule is C=CCc1cn(CCN(Cc2ccccn2)Cc2ccccn2)nn1. The molecule has 0 bridgehead atoms. The molecule has 6 heteroatoms. The molecule has 6 nitrogen and oxygen atoms in total. The zero-order valence-electron chi connectivity index (χ0n) is 14.2. The topological polar surface area (TPSA) is 59.7 Å². The Kier molecular flexibility index (Phi) is 6.01. The van der Waals surface area contributed by atoms with Gasteiger partial charge in [0.25, 0.3) is 0 Å². The second-order valence-corrected chi connectivity index (χ2v) is 5.82. The predicted molar refractivity (Wildman–Crippen MR) is 96.5 cm³/mol. The molecule has 0 aliphatic carbocycles. The maximum absolute atomic E-state index is 4.44. The van der Waals surface area contributed by atoms with Gasteiger partial charge in [0, 0.05) is 44.6 Å². The number of pyridine rings is 2. The van der Waals surface area contributed by atoms with Crippen molar-refractivity contribution in [1.82, 2.24) is 29.9 Å². The van der Waals surface area contributed by atoms with Gasteiger partial charge in [0.2, 0.25) is 0 Å². The number of allylic oxidation sites excluding steroid dienone is 1. The van der Waals surface area contributed by atoms with Crippen LogP contribution in [0, 0.1) is 0 Å². The van der Waals surface area contributed by atoms with E-state index in [9.17, 15) is 0 Å². The van der Waals surface area contributed by atoms with Crippen LogP contribution in [0.5, 0.6) is 0 Å². The quantitative estimate of drug-likeness (QED) is 0.563. The van der Waals surface area contributed by atoms with Gasteiger partial charge >= 0.3 is 0 Å². The zero-order chi connectivity index (χ0) is 17.3. The van der Waals surface area contributed by atoms with Crippen molar-refractivity contribution in [2.75, 3.05) is 6.54 Å². The highest BCUT2D eigenvalue weighted by atomic mass is 15.4. The number of aromatic nitrogens is 5. The second-order valence-electron chi connectivity index (χ2n) is 5.82. The Labute approximate surface area is 147 Å². The van der Waals surface area contributed by atoms with E-state index >= 15 is 0 Å². The summed E-state index contributed by atoms with van der Waals surface area (Å²) < 4.78 is 1.88. The van der Waals surface area contributed by atoms with Gasteiger partial charge in [-0.2, -0.15) is 0 Å². The molecule has 3 rings (SSSR count). The van der Waals surface area contributed by atoms with Gasteiger partial charge in [-0.15, -0.1) is 11.7 Å². The molecule has 0 saturated heterocycles. The molecule has 0 spiro atoms. The van der Waals surface area contributed by atoms with Crippen LogP contribution in [0.15, 0.2) is 67.6 Å². The Morgan fingerprint density at radius 2 is 1.64 bits per heavy atom. The molecule has 25 heavy (non-hydrogen) atoms. The molecule has 0 radical (unpaired) electrons. The van der Waals surface area contributed by atoms with Crippen LogP contribution in [0.4, 0.5) is 0 Å². The van der Waals surface area contributed by atoms with Crippen molar-refractivity contribution in [3.63, 3.8) is 0 Å². The Hall–Kier alpha value is -2.86. The highest BCUT2D eigenvalue weighted by molar-refractivity contribution is 5.06. The molecule has 0 amide bonds. The highest BCUT2D eigenvalue weighted by Gasteiger charge is 2.10. The van der Waals surface area contributed by atoms with Crippen LogP contribution in [0.1, 0.15) is 17.1 Å². The monoisotopic (exact) mass is 334 g/mol. The molecule has 0 unspecified atom stereocenters. The first-order chi connectivity index (χ1) is 12.3. The highest BCUT2D eigenvalue weighted by Crippen LogP contribution is 2.07. The van der Waals surface area contributed by atoms with E-state index in [4.69, 9.17) is 0 Å². The molecule has 0 aromatic carbocycles. The summed E-state index contributed by atoms with van der Waals surface area (Å²) in [5, 5.41) is 8.33. The van der Waals surface area contributed by atoms with Crippen molar-refractivity contribution in [1.29, 1.82) is 0 Å². The van der Waals surface area contributed by atoms with E-state index < -0.39 is 0 Å². The van der Waals surface area contributed by atoms with Gasteiger partial charge in [0.05, 0.1) is 23.6 Å². The molecule has 3 heterocycles. The van der Waals surface area contributed by atoms with E-state index in [1.807, 2.05) is 65.7 Å². The van der Waals surface area contributed by atoms with E-state index in [1.54, 1.807) is 0 Å². The van der Waals surface area contributed by atoms with Crippen LogP contribution in [0.25, 0.3) is 0 Å². The van der Waals surface area contributed by atoms with Crippen molar-refractivity contribution in [2.24, 2.45) is 0 Å². The van der Waals surface area contributed by atoms with Crippen LogP contribution in [-0.4, -0.2) is 36.4 Å². The summed E-state index contributed by atoms with van der Waals surface area (Å²) >= 11 is 0. The molecule has 0 saturated carbocycles. The lowest BCUT2D eigenvalue weighted by Gasteiger charge is -2.21. The summed E-state index contributed by atoms with van der Waals surface area (Å²) in [5.41, 5.74) is 3.03. The summed E-state index contributed by atoms with van der Waals surface area (Å²) in [4.78, 5) is 11.2. The fraction of sp³-hybridized carbons (Fsp3) is 0.263. The van der Waals surface area contributed by atoms with Gasteiger partial charge in [-0.25, -0.2) is 0 Å². The first-order valence-electron chi connectivity index (χ1n) is 8.35. The largest absolute Gasteiger partial charge is 0.290 e. The average Bonchev–Trinajstić information content (AvgIpc) is 3.09. The molecule has 0 aliphatic heterocycles. The van der Waals surface area contributed by atoms with Crippen LogP contribution < -0.4 is 0 Å². The molecule has 0 atom stereocenters. The summed E-state index contributed by atoms with van der Waals surface area (Å²) in [6.07, 6.45) is 8.20. The van der Waals surface area contributed by atoms with Gasteiger partial charge in [0.1, 0.15) is 0 Å². The summed E-state index contributed by atoms with van der Waals surface area (Å²) in [5.74, 6) is 0. The molecule has 3 aromatic heterocycles. The predicted octanol–water partition coefficient (Wildman–Crippen LogP) is 2.50. The second kappa shape index (κ2) is 8.84. The van der Waals surface area contributed by atoms with Gasteiger partial charge in [0.15, 0.2) is 0 Å². The Bertz CT molecular complexity index is 727. The van der Waals surface area contributed by atoms with Crippen LogP contribution in [-0.2, 0) is 26.1 Å². The van der Waals surface area contributed by atoms with E-state index in [1.165, 1.54) is 0 Å². The normalized spacial score (nSPS) is 10.9. The standard InChI is InChI=1S/C19H22N6/c1-2-7-19-16-25(23-22-19)13-12-24(14-17-8-3-5-10-20-17)15-18-9-4-6-11-21-18/h2-6,8-11,16H,1,7,12-15H2. The van der Waals surface area contributed by atoms with Gasteiger partial charge in [-0.1, -0.05) is 23.4 Å². The number of nitrogens with zero attached hydrogens (tertiary/aromatic N) is 6. The smallest absolute Gasteiger partial charge is 0.0864 e. The Balaban J connectivity index is 1.65. The lowest BCUT2D eigenvalue weighted by molar-refractivity contribution is 0.236. The number of hydrogen-bond donors (Lipinski definition) is 0.